The average Bonchev–Trinajstić information content (AvgIpc) is 3.40. The number of amides is 2. The summed E-state index contributed by atoms with van der Waals surface area (Å²) >= 11 is 1.76. The van der Waals surface area contributed by atoms with Crippen LogP contribution < -0.4 is 11.7 Å². The number of phenolic OH excluding ortho intramolecular Hbond substituents is 1. The number of aromatic hydroxyl groups is 1. The average molecular weight is 545 g/mol. The van der Waals surface area contributed by atoms with Crippen LogP contribution in [0, 0.1) is 13.8 Å². The second-order valence-electron chi connectivity index (χ2n) is 9.07. The normalized spacial score (nSPS) is 20.4. The molecule has 2 fully saturated rings. The SMILES string of the molecule is Cc1cc(C(=O)O)c(N=Nc2ccccc2)c(O)c1C.NN1C(=O)N(N)[C@H]2CS[C@@H](CCCCC(=O)O)[C@H]21. The van der Waals surface area contributed by atoms with Gasteiger partial charge in [-0.25, -0.2) is 21.3 Å². The zero-order valence-electron chi connectivity index (χ0n) is 21.1. The molecule has 0 unspecified atom stereocenters. The largest absolute Gasteiger partial charge is 0.505 e. The first-order valence-electron chi connectivity index (χ1n) is 12.0. The fraction of sp³-hybridized carbons (Fsp3) is 0.400. The first-order chi connectivity index (χ1) is 18.0. The number of thioether (sulfide) groups is 1. The molecule has 2 saturated heterocycles. The zero-order chi connectivity index (χ0) is 28.0. The van der Waals surface area contributed by atoms with Crippen molar-refractivity contribution in [3.05, 3.63) is 53.1 Å². The molecule has 0 radical (unpaired) electrons. The number of nitrogens with two attached hydrogens (primary N) is 2. The van der Waals surface area contributed by atoms with Crippen LogP contribution in [0.3, 0.4) is 0 Å². The highest BCUT2D eigenvalue weighted by molar-refractivity contribution is 8.00. The van der Waals surface area contributed by atoms with Crippen molar-refractivity contribution in [3.63, 3.8) is 0 Å². The summed E-state index contributed by atoms with van der Waals surface area (Å²) in [4.78, 5) is 33.2. The molecule has 13 heteroatoms. The summed E-state index contributed by atoms with van der Waals surface area (Å²) in [5.74, 6) is 10.2. The number of unbranched alkanes of at least 4 members (excludes halogenated alkanes) is 1. The Balaban J connectivity index is 0.000000212. The number of azo groups is 1. The van der Waals surface area contributed by atoms with Crippen LogP contribution in [0.1, 0.15) is 47.2 Å². The summed E-state index contributed by atoms with van der Waals surface area (Å²) in [5.41, 5.74) is 1.78. The van der Waals surface area contributed by atoms with E-state index in [1.165, 1.54) is 16.1 Å². The number of benzene rings is 2. The van der Waals surface area contributed by atoms with E-state index in [4.69, 9.17) is 16.8 Å². The van der Waals surface area contributed by atoms with Gasteiger partial charge in [-0.2, -0.15) is 16.9 Å². The molecule has 4 rings (SSSR count). The summed E-state index contributed by atoms with van der Waals surface area (Å²) in [5, 5.41) is 38.4. The van der Waals surface area contributed by atoms with Crippen LogP contribution in [0.25, 0.3) is 0 Å². The first kappa shape index (κ1) is 28.9. The summed E-state index contributed by atoms with van der Waals surface area (Å²) in [6.45, 7) is 3.44. The monoisotopic (exact) mass is 544 g/mol. The number of carbonyl (C=O) groups is 3. The Bertz CT molecular complexity index is 1210. The number of fused-ring (bicyclic) bond motifs is 1. The smallest absolute Gasteiger partial charge is 0.349 e. The number of nitrogens with zero attached hydrogens (tertiary/aromatic N) is 4. The topological polar surface area (TPSA) is 195 Å². The number of carboxylic acid groups (broad SMARTS) is 2. The minimum Gasteiger partial charge on any atom is -0.505 e. The molecular formula is C25H32N6O6S. The molecule has 7 N–H and O–H groups in total. The van der Waals surface area contributed by atoms with E-state index in [1.54, 1.807) is 49.9 Å². The van der Waals surface area contributed by atoms with Gasteiger partial charge in [0.05, 0.1) is 23.3 Å². The van der Waals surface area contributed by atoms with Crippen molar-refractivity contribution in [2.24, 2.45) is 21.9 Å². The third-order valence-electron chi connectivity index (χ3n) is 6.54. The van der Waals surface area contributed by atoms with Crippen LogP contribution in [-0.4, -0.2) is 66.4 Å². The van der Waals surface area contributed by atoms with Crippen LogP contribution in [0.4, 0.5) is 16.2 Å². The summed E-state index contributed by atoms with van der Waals surface area (Å²) in [6.07, 6.45) is 2.56. The minimum absolute atomic E-state index is 0.0167. The molecule has 12 nitrogen and oxygen atoms in total. The van der Waals surface area contributed by atoms with Crippen molar-refractivity contribution in [1.29, 1.82) is 0 Å². The number of phenols is 1. The molecule has 0 bridgehead atoms. The Morgan fingerprint density at radius 1 is 1.08 bits per heavy atom. The third kappa shape index (κ3) is 6.60. The standard InChI is InChI=1S/C15H14N2O3.C10H18N4O3S/c1-9-8-12(15(19)20)13(14(18)10(9)2)17-16-11-6-4-3-5-7-11;11-13-6-5-18-7(3-1-2-4-8(15)16)9(6)14(12)10(13)17/h3-8,18H,1-2H3,(H,19,20);6-7,9H,1-5,11-12H2,(H,15,16)/t;6-,7-,9-/m.0/s1. The maximum Gasteiger partial charge on any atom is 0.349 e. The maximum atomic E-state index is 11.6. The lowest BCUT2D eigenvalue weighted by Gasteiger charge is -2.22. The van der Waals surface area contributed by atoms with Crippen LogP contribution in [0.5, 0.6) is 5.75 Å². The van der Waals surface area contributed by atoms with Crippen LogP contribution in [0.15, 0.2) is 46.6 Å². The lowest BCUT2D eigenvalue weighted by atomic mass is 10.0. The van der Waals surface area contributed by atoms with E-state index in [9.17, 15) is 24.6 Å². The predicted octanol–water partition coefficient (Wildman–Crippen LogP) is 4.09. The van der Waals surface area contributed by atoms with E-state index in [0.29, 0.717) is 23.2 Å². The summed E-state index contributed by atoms with van der Waals surface area (Å²) in [7, 11) is 0. The number of carboxylic acids is 2. The van der Waals surface area contributed by atoms with Crippen molar-refractivity contribution in [1.82, 2.24) is 10.0 Å². The van der Waals surface area contributed by atoms with Gasteiger partial charge >= 0.3 is 18.0 Å². The van der Waals surface area contributed by atoms with Crippen molar-refractivity contribution < 1.29 is 29.7 Å². The van der Waals surface area contributed by atoms with E-state index < -0.39 is 11.9 Å². The molecule has 0 aliphatic carbocycles. The van der Waals surface area contributed by atoms with Gasteiger partial charge in [0, 0.05) is 17.4 Å². The van der Waals surface area contributed by atoms with Crippen LogP contribution in [0.2, 0.25) is 0 Å². The second-order valence-corrected chi connectivity index (χ2v) is 10.3. The van der Waals surface area contributed by atoms with Gasteiger partial charge in [0.25, 0.3) is 0 Å². The van der Waals surface area contributed by atoms with E-state index in [-0.39, 0.29) is 46.8 Å². The Morgan fingerprint density at radius 3 is 2.39 bits per heavy atom. The van der Waals surface area contributed by atoms with Gasteiger partial charge < -0.3 is 15.3 Å². The quantitative estimate of drug-likeness (QED) is 0.107. The highest BCUT2D eigenvalue weighted by Crippen LogP contribution is 2.39. The maximum absolute atomic E-state index is 11.6. The van der Waals surface area contributed by atoms with Gasteiger partial charge in [-0.05, 0) is 56.0 Å². The number of aryl methyl sites for hydroxylation is 1. The molecule has 0 saturated carbocycles. The van der Waals surface area contributed by atoms with E-state index in [2.05, 4.69) is 10.2 Å². The third-order valence-corrected chi connectivity index (χ3v) is 8.02. The van der Waals surface area contributed by atoms with Crippen molar-refractivity contribution in [2.75, 3.05) is 5.75 Å². The van der Waals surface area contributed by atoms with Gasteiger partial charge in [0.15, 0.2) is 0 Å². The number of aromatic carboxylic acids is 1. The Kier molecular flexibility index (Phi) is 9.66. The Hall–Kier alpha value is -3.68. The fourth-order valence-electron chi connectivity index (χ4n) is 4.31. The van der Waals surface area contributed by atoms with Crippen LogP contribution in [-0.2, 0) is 4.79 Å². The molecule has 0 spiro atoms. The number of hydrogen-bond donors (Lipinski definition) is 5. The number of carbonyl (C=O) groups excluding carboxylic acids is 1. The molecule has 2 aliphatic rings. The zero-order valence-corrected chi connectivity index (χ0v) is 22.0. The Morgan fingerprint density at radius 2 is 1.76 bits per heavy atom. The van der Waals surface area contributed by atoms with Crippen molar-refractivity contribution in [3.8, 4) is 5.75 Å². The number of hydrazine groups is 2. The lowest BCUT2D eigenvalue weighted by Crippen LogP contribution is -2.45. The van der Waals surface area contributed by atoms with Gasteiger partial charge in [-0.1, -0.05) is 24.6 Å². The summed E-state index contributed by atoms with van der Waals surface area (Å²) < 4.78 is 0. The van der Waals surface area contributed by atoms with Crippen molar-refractivity contribution >= 4 is 41.1 Å². The minimum atomic E-state index is -1.15. The van der Waals surface area contributed by atoms with E-state index >= 15 is 0 Å². The molecule has 2 amide bonds. The van der Waals surface area contributed by atoms with Gasteiger partial charge in [0.1, 0.15) is 11.4 Å². The molecule has 2 aromatic rings. The number of rotatable bonds is 8. The van der Waals surface area contributed by atoms with Gasteiger partial charge in [0.2, 0.25) is 0 Å². The van der Waals surface area contributed by atoms with Gasteiger partial charge in [-0.15, -0.1) is 5.11 Å². The second kappa shape index (κ2) is 12.7. The highest BCUT2D eigenvalue weighted by atomic mass is 32.2. The van der Waals surface area contributed by atoms with E-state index in [0.717, 1.165) is 18.6 Å². The van der Waals surface area contributed by atoms with Crippen LogP contribution >= 0.6 is 11.8 Å². The molecule has 204 valence electrons. The van der Waals surface area contributed by atoms with Crippen molar-refractivity contribution in [2.45, 2.75) is 56.9 Å². The molecular weight excluding hydrogens is 512 g/mol. The number of hydrogen-bond acceptors (Lipinski definition) is 9. The Labute approximate surface area is 224 Å². The number of urea groups is 1. The number of aliphatic carboxylic acids is 1. The first-order valence-corrected chi connectivity index (χ1v) is 13.1. The molecule has 2 heterocycles. The molecule has 0 aromatic heterocycles. The van der Waals surface area contributed by atoms with E-state index in [1.807, 2.05) is 6.07 Å². The predicted molar refractivity (Wildman–Crippen MR) is 143 cm³/mol. The highest BCUT2D eigenvalue weighted by Gasteiger charge is 2.51. The van der Waals surface area contributed by atoms with Gasteiger partial charge in [-0.3, -0.25) is 14.8 Å². The molecule has 3 atom stereocenters. The summed E-state index contributed by atoms with van der Waals surface area (Å²) in [6, 6.07) is 10.0. The lowest BCUT2D eigenvalue weighted by molar-refractivity contribution is -0.137. The molecule has 2 aliphatic heterocycles. The molecule has 38 heavy (non-hydrogen) atoms. The fourth-order valence-corrected chi connectivity index (χ4v) is 5.95. The molecule has 2 aromatic carbocycles.